The van der Waals surface area contributed by atoms with Crippen LogP contribution in [0.2, 0.25) is 0 Å². The zero-order chi connectivity index (χ0) is 36.2. The predicted molar refractivity (Wildman–Crippen MR) is 200 cm³/mol. The first kappa shape index (κ1) is 37.5. The van der Waals surface area contributed by atoms with Gasteiger partial charge in [0.05, 0.1) is 33.0 Å². The molecule has 0 amide bonds. The van der Waals surface area contributed by atoms with E-state index in [-0.39, 0.29) is 13.2 Å². The van der Waals surface area contributed by atoms with Crippen molar-refractivity contribution in [3.8, 4) is 50.6 Å². The Labute approximate surface area is 296 Å². The molecule has 50 heavy (non-hydrogen) atoms. The number of esters is 2. The fourth-order valence-corrected chi connectivity index (χ4v) is 5.67. The van der Waals surface area contributed by atoms with Crippen LogP contribution in [0.5, 0.6) is 17.2 Å². The van der Waals surface area contributed by atoms with E-state index in [9.17, 15) is 9.59 Å². The Kier molecular flexibility index (Phi) is 13.4. The molecule has 0 aliphatic rings. The molecule has 0 bridgehead atoms. The third kappa shape index (κ3) is 10.1. The third-order valence-corrected chi connectivity index (χ3v) is 7.95. The molecule has 0 radical (unpaired) electrons. The van der Waals surface area contributed by atoms with Crippen LogP contribution in [0, 0.1) is 20.8 Å². The molecule has 0 fully saturated rings. The Bertz CT molecular complexity index is 1690. The molecule has 262 valence electrons. The molecule has 4 aromatic rings. The lowest BCUT2D eigenvalue weighted by atomic mass is 9.88. The van der Waals surface area contributed by atoms with E-state index in [4.69, 9.17) is 23.7 Å². The van der Waals surface area contributed by atoms with E-state index in [0.29, 0.717) is 43.8 Å². The van der Waals surface area contributed by atoms with Crippen molar-refractivity contribution in [1.82, 2.24) is 0 Å². The van der Waals surface area contributed by atoms with Crippen LogP contribution >= 0.6 is 0 Å². The Balaban J connectivity index is 1.63. The molecule has 0 saturated carbocycles. The van der Waals surface area contributed by atoms with Crippen molar-refractivity contribution in [2.75, 3.05) is 33.0 Å². The smallest absolute Gasteiger partial charge is 0.333 e. The minimum Gasteiger partial charge on any atom is -0.493 e. The second kappa shape index (κ2) is 17.9. The molecule has 0 aliphatic heterocycles. The summed E-state index contributed by atoms with van der Waals surface area (Å²) in [6, 6.07) is 24.8. The molecule has 7 nitrogen and oxygen atoms in total. The summed E-state index contributed by atoms with van der Waals surface area (Å²) in [5.74, 6) is 1.46. The van der Waals surface area contributed by atoms with Gasteiger partial charge >= 0.3 is 11.9 Å². The van der Waals surface area contributed by atoms with Gasteiger partial charge in [0.25, 0.3) is 0 Å². The summed E-state index contributed by atoms with van der Waals surface area (Å²) in [6.07, 6.45) is 1.15. The molecule has 0 aliphatic carbocycles. The van der Waals surface area contributed by atoms with Gasteiger partial charge in [0.2, 0.25) is 0 Å². The molecule has 0 heterocycles. The summed E-state index contributed by atoms with van der Waals surface area (Å²) in [7, 11) is 0. The Morgan fingerprint density at radius 1 is 0.580 bits per heavy atom. The van der Waals surface area contributed by atoms with Crippen LogP contribution in [0.4, 0.5) is 0 Å². The number of aryl methyl sites for hydroxylation is 3. The van der Waals surface area contributed by atoms with E-state index in [1.807, 2.05) is 55.5 Å². The first-order valence-electron chi connectivity index (χ1n) is 17.0. The second-order valence-corrected chi connectivity index (χ2v) is 12.4. The summed E-state index contributed by atoms with van der Waals surface area (Å²) in [6.45, 7) is 20.8. The van der Waals surface area contributed by atoms with Gasteiger partial charge in [-0.25, -0.2) is 9.59 Å². The van der Waals surface area contributed by atoms with Gasteiger partial charge in [-0.3, -0.25) is 0 Å². The molecule has 4 rings (SSSR count). The van der Waals surface area contributed by atoms with Crippen LogP contribution in [0.1, 0.15) is 50.3 Å². The van der Waals surface area contributed by atoms with Crippen molar-refractivity contribution in [2.45, 2.75) is 54.4 Å². The summed E-state index contributed by atoms with van der Waals surface area (Å²) in [5, 5.41) is 0. The van der Waals surface area contributed by atoms with E-state index in [0.717, 1.165) is 45.1 Å². The van der Waals surface area contributed by atoms with Crippen molar-refractivity contribution in [3.05, 3.63) is 114 Å². The van der Waals surface area contributed by atoms with Crippen molar-refractivity contribution >= 4 is 11.9 Å². The standard InChI is InChI=1S/C43H48O7/c1-9-46-41-38(33-12-16-36(17-13-33)47-20-10-22-49-42(44)28(2)3)26-35(40-31(7)24-30(6)25-32(40)8)27-39(41)34-14-18-37(19-15-34)48-21-11-23-50-43(45)29(4)5/h12-19,24-27H,2,4,9-11,20-23H2,1,3,5-8H3. The number of hydrogen-bond donors (Lipinski definition) is 0. The molecule has 4 aromatic carbocycles. The molecule has 0 atom stereocenters. The fourth-order valence-electron chi connectivity index (χ4n) is 5.67. The molecular formula is C43H48O7. The maximum Gasteiger partial charge on any atom is 0.333 e. The third-order valence-electron chi connectivity index (χ3n) is 7.95. The maximum atomic E-state index is 11.6. The van der Waals surface area contributed by atoms with Gasteiger partial charge < -0.3 is 23.7 Å². The zero-order valence-corrected chi connectivity index (χ0v) is 30.1. The largest absolute Gasteiger partial charge is 0.493 e. The number of rotatable bonds is 17. The number of hydrogen-bond acceptors (Lipinski definition) is 7. The topological polar surface area (TPSA) is 80.3 Å². The lowest BCUT2D eigenvalue weighted by Crippen LogP contribution is -2.09. The van der Waals surface area contributed by atoms with Crippen LogP contribution in [0.3, 0.4) is 0 Å². The molecular weight excluding hydrogens is 628 g/mol. The van der Waals surface area contributed by atoms with Gasteiger partial charge in [-0.1, -0.05) is 55.1 Å². The Morgan fingerprint density at radius 3 is 1.38 bits per heavy atom. The first-order chi connectivity index (χ1) is 24.0. The summed E-state index contributed by atoms with van der Waals surface area (Å²) in [4.78, 5) is 23.2. The second-order valence-electron chi connectivity index (χ2n) is 12.4. The van der Waals surface area contributed by atoms with Crippen molar-refractivity contribution in [3.63, 3.8) is 0 Å². The van der Waals surface area contributed by atoms with Gasteiger partial charge in [-0.15, -0.1) is 0 Å². The highest BCUT2D eigenvalue weighted by molar-refractivity contribution is 5.90. The highest BCUT2D eigenvalue weighted by atomic mass is 16.5. The highest BCUT2D eigenvalue weighted by Crippen LogP contribution is 2.44. The summed E-state index contributed by atoms with van der Waals surface area (Å²) in [5.41, 5.74) is 10.6. The van der Waals surface area contributed by atoms with Crippen molar-refractivity contribution in [2.24, 2.45) is 0 Å². The van der Waals surface area contributed by atoms with Crippen molar-refractivity contribution in [1.29, 1.82) is 0 Å². The average molecular weight is 677 g/mol. The Morgan fingerprint density at radius 2 is 1.00 bits per heavy atom. The maximum absolute atomic E-state index is 11.6. The number of carbonyl (C=O) groups excluding carboxylic acids is 2. The molecule has 0 unspecified atom stereocenters. The average Bonchev–Trinajstić information content (AvgIpc) is 3.08. The Hall–Kier alpha value is -5.30. The molecule has 0 spiro atoms. The van der Waals surface area contributed by atoms with E-state index < -0.39 is 11.9 Å². The lowest BCUT2D eigenvalue weighted by Gasteiger charge is -2.20. The first-order valence-corrected chi connectivity index (χ1v) is 17.0. The lowest BCUT2D eigenvalue weighted by molar-refractivity contribution is -0.140. The number of benzene rings is 4. The van der Waals surface area contributed by atoms with Gasteiger partial charge in [0.15, 0.2) is 0 Å². The van der Waals surface area contributed by atoms with E-state index in [2.05, 4.69) is 58.2 Å². The summed E-state index contributed by atoms with van der Waals surface area (Å²) < 4.78 is 28.6. The van der Waals surface area contributed by atoms with E-state index in [1.54, 1.807) is 13.8 Å². The fraction of sp³-hybridized carbons (Fsp3) is 0.302. The summed E-state index contributed by atoms with van der Waals surface area (Å²) >= 11 is 0. The van der Waals surface area contributed by atoms with Gasteiger partial charge in [-0.2, -0.15) is 0 Å². The molecule has 0 saturated heterocycles. The van der Waals surface area contributed by atoms with E-state index >= 15 is 0 Å². The van der Waals surface area contributed by atoms with Crippen LogP contribution in [0.15, 0.2) is 97.1 Å². The van der Waals surface area contributed by atoms with E-state index in [1.165, 1.54) is 22.3 Å². The van der Waals surface area contributed by atoms with Gasteiger partial charge in [0, 0.05) is 35.1 Å². The molecule has 7 heteroatoms. The SMILES string of the molecule is C=C(C)C(=O)OCCCOc1ccc(-c2cc(-c3c(C)cc(C)cc3C)cc(-c3ccc(OCCCOC(=O)C(=C)C)cc3)c2OCC)cc1. The van der Waals surface area contributed by atoms with Crippen LogP contribution in [0.25, 0.3) is 33.4 Å². The van der Waals surface area contributed by atoms with Crippen LogP contribution in [-0.4, -0.2) is 45.0 Å². The van der Waals surface area contributed by atoms with Crippen LogP contribution < -0.4 is 14.2 Å². The predicted octanol–water partition coefficient (Wildman–Crippen LogP) is 9.79. The molecule has 0 aromatic heterocycles. The monoisotopic (exact) mass is 676 g/mol. The van der Waals surface area contributed by atoms with Gasteiger partial charge in [0.1, 0.15) is 17.2 Å². The quantitative estimate of drug-likeness (QED) is 0.0626. The normalized spacial score (nSPS) is 10.7. The van der Waals surface area contributed by atoms with Gasteiger partial charge in [-0.05, 0) is 111 Å². The molecule has 0 N–H and O–H groups in total. The van der Waals surface area contributed by atoms with Crippen LogP contribution in [-0.2, 0) is 19.1 Å². The number of ether oxygens (including phenoxy) is 5. The minimum atomic E-state index is -0.392. The zero-order valence-electron chi connectivity index (χ0n) is 30.1. The highest BCUT2D eigenvalue weighted by Gasteiger charge is 2.19. The van der Waals surface area contributed by atoms with Crippen molar-refractivity contribution < 1.29 is 33.3 Å². The minimum absolute atomic E-state index is 0.273. The number of carbonyl (C=O) groups is 2.